The predicted octanol–water partition coefficient (Wildman–Crippen LogP) is 3.70. The number of hydrogen-bond donors (Lipinski definition) is 1. The maximum Gasteiger partial charge on any atom is 0.261 e. The van der Waals surface area contributed by atoms with E-state index in [0.717, 1.165) is 15.6 Å². The molecular formula is C22H27BrN2O4. The van der Waals surface area contributed by atoms with Gasteiger partial charge in [-0.3, -0.25) is 9.59 Å². The molecule has 0 aliphatic carbocycles. The van der Waals surface area contributed by atoms with E-state index in [1.165, 1.54) is 0 Å². The van der Waals surface area contributed by atoms with Crippen molar-refractivity contribution in [3.05, 3.63) is 58.1 Å². The van der Waals surface area contributed by atoms with Crippen LogP contribution in [0.15, 0.2) is 46.9 Å². The van der Waals surface area contributed by atoms with Gasteiger partial charge in [-0.15, -0.1) is 0 Å². The minimum atomic E-state index is -0.589. The number of likely N-dealkylation sites (N-methyl/N-ethyl adjacent to an activating group) is 1. The minimum absolute atomic E-state index is 0.154. The standard InChI is InChI=1S/C22H27BrN2O4/c1-5-20(22(27)24-3)25(13-16-7-6-8-17(12-16)28-4)21(26)14-29-18-9-10-19(23)15(2)11-18/h6-12,20H,5,13-14H2,1-4H3,(H,24,27). The van der Waals surface area contributed by atoms with Gasteiger partial charge < -0.3 is 19.7 Å². The molecule has 0 fully saturated rings. The quantitative estimate of drug-likeness (QED) is 0.616. The van der Waals surface area contributed by atoms with Gasteiger partial charge in [-0.05, 0) is 54.8 Å². The van der Waals surface area contributed by atoms with Gasteiger partial charge in [0.25, 0.3) is 5.91 Å². The summed E-state index contributed by atoms with van der Waals surface area (Å²) < 4.78 is 11.9. The molecule has 1 unspecified atom stereocenters. The molecule has 0 aliphatic heterocycles. The topological polar surface area (TPSA) is 67.9 Å². The molecule has 156 valence electrons. The van der Waals surface area contributed by atoms with Crippen LogP contribution in [-0.4, -0.2) is 43.5 Å². The normalized spacial score (nSPS) is 11.5. The van der Waals surface area contributed by atoms with Crippen molar-refractivity contribution in [2.45, 2.75) is 32.9 Å². The average Bonchev–Trinajstić information content (AvgIpc) is 2.74. The van der Waals surface area contributed by atoms with Crippen molar-refractivity contribution in [3.63, 3.8) is 0 Å². The molecule has 7 heteroatoms. The molecule has 2 aromatic rings. The molecule has 2 rings (SSSR count). The van der Waals surface area contributed by atoms with E-state index in [9.17, 15) is 9.59 Å². The monoisotopic (exact) mass is 462 g/mol. The Bertz CT molecular complexity index is 856. The van der Waals surface area contributed by atoms with E-state index in [2.05, 4.69) is 21.2 Å². The fourth-order valence-corrected chi connectivity index (χ4v) is 3.24. The Labute approximate surface area is 180 Å². The molecule has 6 nitrogen and oxygen atoms in total. The van der Waals surface area contributed by atoms with Crippen LogP contribution < -0.4 is 14.8 Å². The SMILES string of the molecule is CCC(C(=O)NC)N(Cc1cccc(OC)c1)C(=O)COc1ccc(Br)c(C)c1. The van der Waals surface area contributed by atoms with Gasteiger partial charge in [0.15, 0.2) is 6.61 Å². The number of aryl methyl sites for hydroxylation is 1. The first kappa shape index (κ1) is 22.7. The zero-order valence-corrected chi connectivity index (χ0v) is 18.8. The summed E-state index contributed by atoms with van der Waals surface area (Å²) in [4.78, 5) is 27.0. The number of benzene rings is 2. The molecule has 0 radical (unpaired) electrons. The van der Waals surface area contributed by atoms with Gasteiger partial charge in [0.2, 0.25) is 5.91 Å². The Morgan fingerprint density at radius 3 is 2.55 bits per heavy atom. The Morgan fingerprint density at radius 2 is 1.93 bits per heavy atom. The molecule has 0 heterocycles. The second-order valence-electron chi connectivity index (χ2n) is 6.61. The highest BCUT2D eigenvalue weighted by atomic mass is 79.9. The molecule has 2 aromatic carbocycles. The first-order valence-electron chi connectivity index (χ1n) is 9.42. The Hall–Kier alpha value is -2.54. The van der Waals surface area contributed by atoms with Crippen molar-refractivity contribution in [2.24, 2.45) is 0 Å². The molecule has 29 heavy (non-hydrogen) atoms. The van der Waals surface area contributed by atoms with Gasteiger partial charge in [-0.2, -0.15) is 0 Å². The Balaban J connectivity index is 2.21. The number of halogens is 1. The molecule has 0 aliphatic rings. The molecule has 0 saturated carbocycles. The third-order valence-corrected chi connectivity index (χ3v) is 5.50. The summed E-state index contributed by atoms with van der Waals surface area (Å²) in [6.07, 6.45) is 0.493. The largest absolute Gasteiger partial charge is 0.497 e. The van der Waals surface area contributed by atoms with E-state index >= 15 is 0 Å². The second kappa shape index (κ2) is 10.9. The summed E-state index contributed by atoms with van der Waals surface area (Å²) in [7, 11) is 3.16. The summed E-state index contributed by atoms with van der Waals surface area (Å²) in [5.41, 5.74) is 1.89. The molecule has 0 spiro atoms. The van der Waals surface area contributed by atoms with Crippen molar-refractivity contribution in [1.29, 1.82) is 0 Å². The number of nitrogens with one attached hydrogen (secondary N) is 1. The fourth-order valence-electron chi connectivity index (χ4n) is 2.99. The minimum Gasteiger partial charge on any atom is -0.497 e. The van der Waals surface area contributed by atoms with Crippen LogP contribution in [0.1, 0.15) is 24.5 Å². The Kier molecular flexibility index (Phi) is 8.51. The lowest BCUT2D eigenvalue weighted by Gasteiger charge is -2.30. The fraction of sp³-hybridized carbons (Fsp3) is 0.364. The van der Waals surface area contributed by atoms with Gasteiger partial charge in [-0.25, -0.2) is 0 Å². The highest BCUT2D eigenvalue weighted by molar-refractivity contribution is 9.10. The average molecular weight is 463 g/mol. The molecular weight excluding hydrogens is 436 g/mol. The van der Waals surface area contributed by atoms with Crippen molar-refractivity contribution in [3.8, 4) is 11.5 Å². The van der Waals surface area contributed by atoms with E-state index in [0.29, 0.717) is 17.9 Å². The lowest BCUT2D eigenvalue weighted by atomic mass is 10.1. The van der Waals surface area contributed by atoms with Gasteiger partial charge in [-0.1, -0.05) is 35.0 Å². The number of hydrogen-bond acceptors (Lipinski definition) is 4. The smallest absolute Gasteiger partial charge is 0.261 e. The maximum atomic E-state index is 13.0. The van der Waals surface area contributed by atoms with E-state index < -0.39 is 6.04 Å². The van der Waals surface area contributed by atoms with E-state index in [1.54, 1.807) is 25.1 Å². The van der Waals surface area contributed by atoms with Gasteiger partial charge in [0, 0.05) is 18.1 Å². The lowest BCUT2D eigenvalue weighted by Crippen LogP contribution is -2.49. The van der Waals surface area contributed by atoms with Crippen LogP contribution in [-0.2, 0) is 16.1 Å². The summed E-state index contributed by atoms with van der Waals surface area (Å²) in [6.45, 7) is 3.96. The number of ether oxygens (including phenoxy) is 2. The summed E-state index contributed by atoms with van der Waals surface area (Å²) in [5.74, 6) is 0.838. The molecule has 0 saturated heterocycles. The zero-order chi connectivity index (χ0) is 21.4. The highest BCUT2D eigenvalue weighted by Gasteiger charge is 2.28. The number of rotatable bonds is 9. The molecule has 1 atom stereocenters. The van der Waals surface area contributed by atoms with Crippen molar-refractivity contribution in [2.75, 3.05) is 20.8 Å². The van der Waals surface area contributed by atoms with Crippen molar-refractivity contribution >= 4 is 27.7 Å². The van der Waals surface area contributed by atoms with Crippen LogP contribution in [0.25, 0.3) is 0 Å². The Morgan fingerprint density at radius 1 is 1.17 bits per heavy atom. The first-order valence-corrected chi connectivity index (χ1v) is 10.2. The zero-order valence-electron chi connectivity index (χ0n) is 17.2. The van der Waals surface area contributed by atoms with Gasteiger partial charge in [0.1, 0.15) is 17.5 Å². The van der Waals surface area contributed by atoms with Crippen LogP contribution in [0.2, 0.25) is 0 Å². The maximum absolute atomic E-state index is 13.0. The molecule has 0 bridgehead atoms. The van der Waals surface area contributed by atoms with Gasteiger partial charge in [0.05, 0.1) is 7.11 Å². The first-order chi connectivity index (χ1) is 13.9. The third kappa shape index (κ3) is 6.22. The third-order valence-electron chi connectivity index (χ3n) is 4.61. The second-order valence-corrected chi connectivity index (χ2v) is 7.47. The number of methoxy groups -OCH3 is 1. The lowest BCUT2D eigenvalue weighted by molar-refractivity contribution is -0.142. The van der Waals surface area contributed by atoms with Gasteiger partial charge >= 0.3 is 0 Å². The van der Waals surface area contributed by atoms with Crippen LogP contribution in [0, 0.1) is 6.92 Å². The summed E-state index contributed by atoms with van der Waals surface area (Å²) in [5, 5.41) is 2.64. The van der Waals surface area contributed by atoms with Crippen LogP contribution in [0.4, 0.5) is 0 Å². The molecule has 2 amide bonds. The van der Waals surface area contributed by atoms with Crippen LogP contribution >= 0.6 is 15.9 Å². The number of amides is 2. The number of carbonyl (C=O) groups is 2. The van der Waals surface area contributed by atoms with E-state index in [-0.39, 0.29) is 25.0 Å². The van der Waals surface area contributed by atoms with E-state index in [1.807, 2.05) is 50.2 Å². The van der Waals surface area contributed by atoms with Crippen molar-refractivity contribution in [1.82, 2.24) is 10.2 Å². The van der Waals surface area contributed by atoms with Crippen LogP contribution in [0.3, 0.4) is 0 Å². The number of carbonyl (C=O) groups excluding carboxylic acids is 2. The highest BCUT2D eigenvalue weighted by Crippen LogP contribution is 2.22. The molecule has 0 aromatic heterocycles. The summed E-state index contributed by atoms with van der Waals surface area (Å²) in [6, 6.07) is 12.4. The van der Waals surface area contributed by atoms with E-state index in [4.69, 9.17) is 9.47 Å². The summed E-state index contributed by atoms with van der Waals surface area (Å²) >= 11 is 3.45. The predicted molar refractivity (Wildman–Crippen MR) is 116 cm³/mol. The number of nitrogens with zero attached hydrogens (tertiary/aromatic N) is 1. The van der Waals surface area contributed by atoms with Crippen molar-refractivity contribution < 1.29 is 19.1 Å². The molecule has 1 N–H and O–H groups in total. The van der Waals surface area contributed by atoms with Crippen LogP contribution in [0.5, 0.6) is 11.5 Å².